The Balaban J connectivity index is 1.30. The Morgan fingerprint density at radius 1 is 1.13 bits per heavy atom. The largest absolute Gasteiger partial charge is 0.494 e. The third-order valence-electron chi connectivity index (χ3n) is 6.51. The van der Waals surface area contributed by atoms with Crippen LogP contribution in [0, 0.1) is 6.92 Å². The van der Waals surface area contributed by atoms with E-state index in [0.717, 1.165) is 54.7 Å². The second-order valence-electron chi connectivity index (χ2n) is 8.61. The molecule has 1 atom stereocenters. The molecule has 30 heavy (non-hydrogen) atoms. The standard InChI is InChI=1S/C25H29N3O2/c1-3-29-21-7-5-19(6-8-21)23-10-9-22(30-23)16-28-14-4-12-25(17-28)13-11-20-15-26-18(2)27-24(20)25/h5-10,15H,3-4,11-14,16-17H2,1-2H3. The van der Waals surface area contributed by atoms with Crippen molar-refractivity contribution in [3.8, 4) is 17.1 Å². The molecule has 2 aliphatic rings. The van der Waals surface area contributed by atoms with Gasteiger partial charge in [0.05, 0.1) is 18.8 Å². The number of aryl methyl sites for hydroxylation is 2. The summed E-state index contributed by atoms with van der Waals surface area (Å²) >= 11 is 0. The number of fused-ring (bicyclic) bond motifs is 2. The van der Waals surface area contributed by atoms with Gasteiger partial charge >= 0.3 is 0 Å². The molecule has 0 radical (unpaired) electrons. The van der Waals surface area contributed by atoms with Crippen LogP contribution in [0.15, 0.2) is 47.0 Å². The molecule has 1 unspecified atom stereocenters. The maximum atomic E-state index is 6.20. The Morgan fingerprint density at radius 3 is 2.83 bits per heavy atom. The van der Waals surface area contributed by atoms with Crippen LogP contribution in [-0.2, 0) is 18.4 Å². The van der Waals surface area contributed by atoms with Gasteiger partial charge in [-0.2, -0.15) is 0 Å². The van der Waals surface area contributed by atoms with Crippen LogP contribution in [0.1, 0.15) is 49.0 Å². The molecular formula is C25H29N3O2. The van der Waals surface area contributed by atoms with Crippen molar-refractivity contribution in [2.45, 2.75) is 51.5 Å². The van der Waals surface area contributed by atoms with Gasteiger partial charge in [-0.1, -0.05) is 0 Å². The van der Waals surface area contributed by atoms with Gasteiger partial charge in [-0.25, -0.2) is 9.97 Å². The molecular weight excluding hydrogens is 374 g/mol. The number of rotatable bonds is 5. The fraction of sp³-hybridized carbons (Fsp3) is 0.440. The van der Waals surface area contributed by atoms with E-state index in [0.29, 0.717) is 6.61 Å². The monoisotopic (exact) mass is 403 g/mol. The van der Waals surface area contributed by atoms with Gasteiger partial charge in [-0.15, -0.1) is 0 Å². The van der Waals surface area contributed by atoms with Crippen LogP contribution >= 0.6 is 0 Å². The van der Waals surface area contributed by atoms with E-state index < -0.39 is 0 Å². The summed E-state index contributed by atoms with van der Waals surface area (Å²) in [5, 5.41) is 0. The average molecular weight is 404 g/mol. The van der Waals surface area contributed by atoms with Crippen molar-refractivity contribution >= 4 is 0 Å². The van der Waals surface area contributed by atoms with Crippen molar-refractivity contribution < 1.29 is 9.15 Å². The molecule has 1 aliphatic heterocycles. The summed E-state index contributed by atoms with van der Waals surface area (Å²) in [5.41, 5.74) is 3.91. The molecule has 1 aliphatic carbocycles. The lowest BCUT2D eigenvalue weighted by Crippen LogP contribution is -2.45. The molecule has 0 amide bonds. The number of likely N-dealkylation sites (tertiary alicyclic amines) is 1. The fourth-order valence-corrected chi connectivity index (χ4v) is 5.11. The van der Waals surface area contributed by atoms with Gasteiger partial charge in [-0.05, 0) is 88.0 Å². The summed E-state index contributed by atoms with van der Waals surface area (Å²) in [6.45, 7) is 7.68. The number of nitrogens with zero attached hydrogens (tertiary/aromatic N) is 3. The Hall–Kier alpha value is -2.66. The average Bonchev–Trinajstić information content (AvgIpc) is 3.35. The predicted octanol–water partition coefficient (Wildman–Crippen LogP) is 4.92. The summed E-state index contributed by atoms with van der Waals surface area (Å²) in [6.07, 6.45) is 6.76. The second kappa shape index (κ2) is 7.88. The zero-order valence-electron chi connectivity index (χ0n) is 17.9. The molecule has 0 N–H and O–H groups in total. The maximum absolute atomic E-state index is 6.20. The number of hydrogen-bond donors (Lipinski definition) is 0. The van der Waals surface area contributed by atoms with E-state index in [-0.39, 0.29) is 5.41 Å². The van der Waals surface area contributed by atoms with Gasteiger partial charge in [0.25, 0.3) is 0 Å². The summed E-state index contributed by atoms with van der Waals surface area (Å²) in [4.78, 5) is 11.8. The smallest absolute Gasteiger partial charge is 0.134 e. The zero-order chi connectivity index (χ0) is 20.6. The Bertz CT molecular complexity index is 1020. The van der Waals surface area contributed by atoms with Crippen LogP contribution in [0.3, 0.4) is 0 Å². The quantitative estimate of drug-likeness (QED) is 0.605. The summed E-state index contributed by atoms with van der Waals surface area (Å²) < 4.78 is 11.7. The zero-order valence-corrected chi connectivity index (χ0v) is 17.9. The number of piperidine rings is 1. The van der Waals surface area contributed by atoms with Crippen LogP contribution in [0.4, 0.5) is 0 Å². The summed E-state index contributed by atoms with van der Waals surface area (Å²) in [5.74, 6) is 3.71. The van der Waals surface area contributed by atoms with Gasteiger partial charge in [0.15, 0.2) is 0 Å². The highest BCUT2D eigenvalue weighted by Crippen LogP contribution is 2.44. The van der Waals surface area contributed by atoms with E-state index in [1.807, 2.05) is 32.2 Å². The minimum atomic E-state index is 0.186. The molecule has 1 spiro atoms. The van der Waals surface area contributed by atoms with E-state index in [1.54, 1.807) is 0 Å². The molecule has 3 aromatic rings. The van der Waals surface area contributed by atoms with E-state index in [9.17, 15) is 0 Å². The van der Waals surface area contributed by atoms with Crippen LogP contribution in [0.25, 0.3) is 11.3 Å². The molecule has 0 saturated carbocycles. The molecule has 156 valence electrons. The van der Waals surface area contributed by atoms with Crippen molar-refractivity contribution in [2.75, 3.05) is 19.7 Å². The summed E-state index contributed by atoms with van der Waals surface area (Å²) in [7, 11) is 0. The van der Waals surface area contributed by atoms with Crippen LogP contribution in [0.2, 0.25) is 0 Å². The lowest BCUT2D eigenvalue weighted by molar-refractivity contribution is 0.129. The van der Waals surface area contributed by atoms with Gasteiger partial charge in [0.2, 0.25) is 0 Å². The number of furan rings is 1. The second-order valence-corrected chi connectivity index (χ2v) is 8.61. The van der Waals surface area contributed by atoms with E-state index >= 15 is 0 Å². The van der Waals surface area contributed by atoms with Crippen LogP contribution in [-0.4, -0.2) is 34.6 Å². The van der Waals surface area contributed by atoms with Crippen molar-refractivity contribution in [3.63, 3.8) is 0 Å². The van der Waals surface area contributed by atoms with E-state index in [2.05, 4.69) is 34.1 Å². The van der Waals surface area contributed by atoms with E-state index in [4.69, 9.17) is 14.1 Å². The van der Waals surface area contributed by atoms with Gasteiger partial charge in [0.1, 0.15) is 23.1 Å². The molecule has 0 bridgehead atoms. The maximum Gasteiger partial charge on any atom is 0.134 e. The van der Waals surface area contributed by atoms with E-state index in [1.165, 1.54) is 30.5 Å². The first kappa shape index (κ1) is 19.3. The molecule has 1 fully saturated rings. The first-order valence-electron chi connectivity index (χ1n) is 11.0. The molecule has 1 aromatic carbocycles. The van der Waals surface area contributed by atoms with Gasteiger partial charge in [-0.3, -0.25) is 4.90 Å². The van der Waals surface area contributed by atoms with Crippen molar-refractivity contribution in [1.29, 1.82) is 0 Å². The van der Waals surface area contributed by atoms with Crippen molar-refractivity contribution in [3.05, 3.63) is 65.4 Å². The topological polar surface area (TPSA) is 51.4 Å². The number of benzene rings is 1. The Morgan fingerprint density at radius 2 is 2.00 bits per heavy atom. The number of aromatic nitrogens is 2. The Labute approximate surface area is 178 Å². The minimum Gasteiger partial charge on any atom is -0.494 e. The third-order valence-corrected chi connectivity index (χ3v) is 6.51. The first-order chi connectivity index (χ1) is 14.6. The normalized spacial score (nSPS) is 21.1. The molecule has 3 heterocycles. The highest BCUT2D eigenvalue weighted by molar-refractivity contribution is 5.58. The lowest BCUT2D eigenvalue weighted by Gasteiger charge is -2.40. The Kier molecular flexibility index (Phi) is 5.07. The molecule has 1 saturated heterocycles. The number of ether oxygens (including phenoxy) is 1. The molecule has 5 rings (SSSR count). The minimum absolute atomic E-state index is 0.186. The lowest BCUT2D eigenvalue weighted by atomic mass is 9.77. The van der Waals surface area contributed by atoms with Gasteiger partial charge in [0, 0.05) is 23.7 Å². The van der Waals surface area contributed by atoms with Crippen molar-refractivity contribution in [1.82, 2.24) is 14.9 Å². The first-order valence-corrected chi connectivity index (χ1v) is 11.0. The van der Waals surface area contributed by atoms with Crippen LogP contribution < -0.4 is 4.74 Å². The number of hydrogen-bond acceptors (Lipinski definition) is 5. The predicted molar refractivity (Wildman–Crippen MR) is 117 cm³/mol. The highest BCUT2D eigenvalue weighted by Gasteiger charge is 2.43. The molecule has 2 aromatic heterocycles. The highest BCUT2D eigenvalue weighted by atomic mass is 16.5. The third kappa shape index (κ3) is 3.63. The van der Waals surface area contributed by atoms with Crippen LogP contribution in [0.5, 0.6) is 5.75 Å². The van der Waals surface area contributed by atoms with Crippen molar-refractivity contribution in [2.24, 2.45) is 0 Å². The fourth-order valence-electron chi connectivity index (χ4n) is 5.11. The molecule has 5 heteroatoms. The van der Waals surface area contributed by atoms with Gasteiger partial charge < -0.3 is 9.15 Å². The SMILES string of the molecule is CCOc1ccc(-c2ccc(CN3CCCC4(CCc5cnc(C)nc54)C3)o2)cc1. The molecule has 5 nitrogen and oxygen atoms in total. The summed E-state index contributed by atoms with van der Waals surface area (Å²) in [6, 6.07) is 12.3.